The molecule has 0 radical (unpaired) electrons. The molecule has 0 spiro atoms. The van der Waals surface area contributed by atoms with Gasteiger partial charge in [0.25, 0.3) is 0 Å². The highest BCUT2D eigenvalue weighted by Crippen LogP contribution is 2.23. The molecule has 118 valence electrons. The Morgan fingerprint density at radius 3 is 2.76 bits per heavy atom. The average molecular weight is 288 g/mol. The summed E-state index contributed by atoms with van der Waals surface area (Å²) in [6.07, 6.45) is 8.07. The number of hydrogen-bond donors (Lipinski definition) is 1. The summed E-state index contributed by atoms with van der Waals surface area (Å²) in [4.78, 5) is 2.58. The van der Waals surface area contributed by atoms with Gasteiger partial charge < -0.3 is 5.32 Å². The van der Waals surface area contributed by atoms with Crippen LogP contribution in [0, 0.1) is 6.92 Å². The molecule has 0 saturated heterocycles. The van der Waals surface area contributed by atoms with Crippen LogP contribution in [0.1, 0.15) is 56.6 Å². The van der Waals surface area contributed by atoms with Gasteiger partial charge in [-0.2, -0.15) is 0 Å². The van der Waals surface area contributed by atoms with E-state index in [9.17, 15) is 0 Å². The first-order valence-corrected chi connectivity index (χ1v) is 8.70. The van der Waals surface area contributed by atoms with Crippen molar-refractivity contribution in [3.8, 4) is 0 Å². The Kier molecular flexibility index (Phi) is 6.72. The van der Waals surface area contributed by atoms with E-state index in [0.717, 1.165) is 13.1 Å². The minimum atomic E-state index is 0.669. The van der Waals surface area contributed by atoms with Crippen LogP contribution in [0.15, 0.2) is 24.3 Å². The van der Waals surface area contributed by atoms with Crippen LogP contribution >= 0.6 is 0 Å². The van der Waals surface area contributed by atoms with E-state index in [2.05, 4.69) is 55.4 Å². The van der Waals surface area contributed by atoms with Gasteiger partial charge in [-0.15, -0.1) is 0 Å². The van der Waals surface area contributed by atoms with Gasteiger partial charge in [0.1, 0.15) is 0 Å². The Morgan fingerprint density at radius 1 is 1.19 bits per heavy atom. The van der Waals surface area contributed by atoms with Crippen molar-refractivity contribution in [1.29, 1.82) is 0 Å². The molecule has 0 aliphatic heterocycles. The summed E-state index contributed by atoms with van der Waals surface area (Å²) in [5.74, 6) is 0. The molecule has 1 aromatic carbocycles. The third-order valence-electron chi connectivity index (χ3n) is 4.72. The summed E-state index contributed by atoms with van der Waals surface area (Å²) in [5.41, 5.74) is 2.80. The van der Waals surface area contributed by atoms with Gasteiger partial charge in [-0.1, -0.05) is 56.0 Å². The zero-order chi connectivity index (χ0) is 15.1. The third-order valence-corrected chi connectivity index (χ3v) is 4.72. The molecule has 1 N–H and O–H groups in total. The molecule has 0 aromatic heterocycles. The summed E-state index contributed by atoms with van der Waals surface area (Å²) < 4.78 is 0. The number of nitrogens with one attached hydrogen (secondary N) is 1. The molecule has 2 unspecified atom stereocenters. The highest BCUT2D eigenvalue weighted by Gasteiger charge is 2.26. The van der Waals surface area contributed by atoms with E-state index < -0.39 is 0 Å². The van der Waals surface area contributed by atoms with Gasteiger partial charge in [0.15, 0.2) is 0 Å². The van der Waals surface area contributed by atoms with Gasteiger partial charge in [0, 0.05) is 18.6 Å². The maximum absolute atomic E-state index is 3.80. The molecule has 1 saturated carbocycles. The number of aryl methyl sites for hydroxylation is 1. The summed E-state index contributed by atoms with van der Waals surface area (Å²) >= 11 is 0. The Morgan fingerprint density at radius 2 is 2.00 bits per heavy atom. The zero-order valence-electron chi connectivity index (χ0n) is 14.1. The van der Waals surface area contributed by atoms with Crippen LogP contribution in [0.3, 0.4) is 0 Å². The molecule has 2 atom stereocenters. The first-order chi connectivity index (χ1) is 10.2. The van der Waals surface area contributed by atoms with Crippen molar-refractivity contribution in [1.82, 2.24) is 10.2 Å². The molecule has 2 heteroatoms. The second kappa shape index (κ2) is 8.55. The molecule has 1 aliphatic rings. The van der Waals surface area contributed by atoms with Crippen molar-refractivity contribution in [2.45, 2.75) is 71.0 Å². The molecule has 0 amide bonds. The molecule has 1 fully saturated rings. The minimum absolute atomic E-state index is 0.669. The van der Waals surface area contributed by atoms with E-state index >= 15 is 0 Å². The lowest BCUT2D eigenvalue weighted by Crippen LogP contribution is -2.48. The Bertz CT molecular complexity index is 416. The van der Waals surface area contributed by atoms with E-state index in [4.69, 9.17) is 0 Å². The molecular formula is C19H32N2. The van der Waals surface area contributed by atoms with E-state index in [1.807, 2.05) is 0 Å². The number of benzene rings is 1. The van der Waals surface area contributed by atoms with Crippen molar-refractivity contribution in [2.24, 2.45) is 0 Å². The van der Waals surface area contributed by atoms with Gasteiger partial charge in [-0.05, 0) is 45.3 Å². The summed E-state index contributed by atoms with van der Waals surface area (Å²) in [6, 6.07) is 10.3. The summed E-state index contributed by atoms with van der Waals surface area (Å²) in [6.45, 7) is 6.66. The smallest absolute Gasteiger partial charge is 0.0249 e. The predicted octanol–water partition coefficient (Wildman–Crippen LogP) is 4.13. The van der Waals surface area contributed by atoms with Crippen LogP contribution in [-0.2, 0) is 6.54 Å². The van der Waals surface area contributed by atoms with Crippen molar-refractivity contribution in [3.05, 3.63) is 35.4 Å². The largest absolute Gasteiger partial charge is 0.312 e. The maximum atomic E-state index is 3.80. The lowest BCUT2D eigenvalue weighted by atomic mass is 10.0. The van der Waals surface area contributed by atoms with Gasteiger partial charge >= 0.3 is 0 Å². The molecule has 0 bridgehead atoms. The Hall–Kier alpha value is -0.860. The monoisotopic (exact) mass is 288 g/mol. The quantitative estimate of drug-likeness (QED) is 0.792. The van der Waals surface area contributed by atoms with Gasteiger partial charge in [-0.25, -0.2) is 0 Å². The van der Waals surface area contributed by atoms with Crippen LogP contribution in [0.25, 0.3) is 0 Å². The Labute approximate surface area is 130 Å². The van der Waals surface area contributed by atoms with E-state index in [0.29, 0.717) is 12.1 Å². The van der Waals surface area contributed by atoms with Crippen LogP contribution in [0.4, 0.5) is 0 Å². The fourth-order valence-electron chi connectivity index (χ4n) is 3.60. The number of hydrogen-bond acceptors (Lipinski definition) is 2. The van der Waals surface area contributed by atoms with Crippen molar-refractivity contribution >= 4 is 0 Å². The van der Waals surface area contributed by atoms with Crippen molar-refractivity contribution < 1.29 is 0 Å². The number of rotatable bonds is 6. The van der Waals surface area contributed by atoms with Gasteiger partial charge in [-0.3, -0.25) is 4.90 Å². The fourth-order valence-corrected chi connectivity index (χ4v) is 3.60. The molecule has 2 nitrogen and oxygen atoms in total. The Balaban J connectivity index is 2.00. The normalized spacial score (nSPS) is 23.2. The number of nitrogens with zero attached hydrogens (tertiary/aromatic N) is 1. The third kappa shape index (κ3) is 5.12. The van der Waals surface area contributed by atoms with Crippen molar-refractivity contribution in [2.75, 3.05) is 13.6 Å². The molecular weight excluding hydrogens is 256 g/mol. The lowest BCUT2D eigenvalue weighted by molar-refractivity contribution is 0.174. The molecule has 1 aromatic rings. The maximum Gasteiger partial charge on any atom is 0.0249 e. The molecule has 21 heavy (non-hydrogen) atoms. The minimum Gasteiger partial charge on any atom is -0.312 e. The highest BCUT2D eigenvalue weighted by molar-refractivity contribution is 5.22. The van der Waals surface area contributed by atoms with Gasteiger partial charge in [0.05, 0.1) is 0 Å². The predicted molar refractivity (Wildman–Crippen MR) is 91.6 cm³/mol. The second-order valence-corrected chi connectivity index (χ2v) is 6.67. The molecule has 1 aliphatic carbocycles. The van der Waals surface area contributed by atoms with E-state index in [-0.39, 0.29) is 0 Å². The van der Waals surface area contributed by atoms with Crippen LogP contribution in [0.2, 0.25) is 0 Å². The SMILES string of the molecule is CCCNC1CCCCCC1N(C)Cc1cccc(C)c1. The first kappa shape index (κ1) is 16.5. The molecule has 2 rings (SSSR count). The fraction of sp³-hybridized carbons (Fsp3) is 0.684. The van der Waals surface area contributed by atoms with E-state index in [1.54, 1.807) is 0 Å². The average Bonchev–Trinajstić information content (AvgIpc) is 2.70. The first-order valence-electron chi connectivity index (χ1n) is 8.70. The van der Waals surface area contributed by atoms with E-state index in [1.165, 1.54) is 49.7 Å². The second-order valence-electron chi connectivity index (χ2n) is 6.67. The lowest BCUT2D eigenvalue weighted by Gasteiger charge is -2.34. The van der Waals surface area contributed by atoms with Crippen LogP contribution < -0.4 is 5.32 Å². The topological polar surface area (TPSA) is 15.3 Å². The van der Waals surface area contributed by atoms with Crippen LogP contribution in [-0.4, -0.2) is 30.6 Å². The summed E-state index contributed by atoms with van der Waals surface area (Å²) in [7, 11) is 2.30. The molecule has 0 heterocycles. The highest BCUT2D eigenvalue weighted by atomic mass is 15.2. The van der Waals surface area contributed by atoms with Gasteiger partial charge in [0.2, 0.25) is 0 Å². The van der Waals surface area contributed by atoms with Crippen molar-refractivity contribution in [3.63, 3.8) is 0 Å². The van der Waals surface area contributed by atoms with Crippen LogP contribution in [0.5, 0.6) is 0 Å². The number of likely N-dealkylation sites (N-methyl/N-ethyl adjacent to an activating group) is 1. The zero-order valence-corrected chi connectivity index (χ0v) is 14.1. The standard InChI is InChI=1S/C19H32N2/c1-4-13-20-18-11-6-5-7-12-19(18)21(3)15-17-10-8-9-16(2)14-17/h8-10,14,18-20H,4-7,11-13,15H2,1-3H3. The summed E-state index contributed by atoms with van der Waals surface area (Å²) in [5, 5.41) is 3.80.